The van der Waals surface area contributed by atoms with Gasteiger partial charge < -0.3 is 5.73 Å². The summed E-state index contributed by atoms with van der Waals surface area (Å²) in [6.07, 6.45) is 1.72. The molecular weight excluding hydrogens is 182 g/mol. The van der Waals surface area contributed by atoms with E-state index in [0.29, 0.717) is 10.7 Å². The molecule has 0 saturated heterocycles. The van der Waals surface area contributed by atoms with Crippen LogP contribution in [-0.4, -0.2) is 0 Å². The largest absolute Gasteiger partial charge is 0.398 e. The second-order valence-corrected chi connectivity index (χ2v) is 2.78. The van der Waals surface area contributed by atoms with Gasteiger partial charge in [0.15, 0.2) is 0 Å². The Hall–Kier alpha value is -0.950. The third-order valence-corrected chi connectivity index (χ3v) is 2.05. The summed E-state index contributed by atoms with van der Waals surface area (Å²) in [5, 5.41) is 0.597. The fourth-order valence-electron chi connectivity index (χ4n) is 0.957. The average Bonchev–Trinajstić information content (AvgIpc) is 2.16. The van der Waals surface area contributed by atoms with E-state index < -0.39 is 0 Å². The first-order valence-electron chi connectivity index (χ1n) is 4.34. The molecule has 0 radical (unpaired) electrons. The number of anilines is 1. The Kier molecular flexibility index (Phi) is 5.24. The second-order valence-electron chi connectivity index (χ2n) is 2.40. The summed E-state index contributed by atoms with van der Waals surface area (Å²) >= 11 is 5.90. The molecule has 0 fully saturated rings. The molecule has 0 bridgehead atoms. The standard InChI is InChI=1S/C9H10ClN.C2H6/c1-3-7-6(2)4-5-8(11)9(7)10;1-2/h3-5H,1,11H2,2H3;1-2H3. The highest BCUT2D eigenvalue weighted by molar-refractivity contribution is 6.34. The van der Waals surface area contributed by atoms with Crippen molar-refractivity contribution in [3.05, 3.63) is 34.9 Å². The van der Waals surface area contributed by atoms with Crippen molar-refractivity contribution in [3.8, 4) is 0 Å². The third-order valence-electron chi connectivity index (χ3n) is 1.63. The molecule has 0 spiro atoms. The third kappa shape index (κ3) is 2.78. The highest BCUT2D eigenvalue weighted by Gasteiger charge is 2.02. The van der Waals surface area contributed by atoms with Gasteiger partial charge in [-0.25, -0.2) is 0 Å². The van der Waals surface area contributed by atoms with Gasteiger partial charge in [0.05, 0.1) is 10.7 Å². The highest BCUT2D eigenvalue weighted by atomic mass is 35.5. The molecule has 0 atom stereocenters. The molecule has 0 heterocycles. The van der Waals surface area contributed by atoms with Gasteiger partial charge in [0.1, 0.15) is 0 Å². The molecule has 0 aromatic heterocycles. The van der Waals surface area contributed by atoms with Gasteiger partial charge in [0.2, 0.25) is 0 Å². The molecule has 2 N–H and O–H groups in total. The molecule has 1 aromatic carbocycles. The topological polar surface area (TPSA) is 26.0 Å². The average molecular weight is 198 g/mol. The zero-order chi connectivity index (χ0) is 10.4. The van der Waals surface area contributed by atoms with Crippen molar-refractivity contribution < 1.29 is 0 Å². The second kappa shape index (κ2) is 5.65. The van der Waals surface area contributed by atoms with E-state index in [1.54, 1.807) is 12.1 Å². The maximum absolute atomic E-state index is 5.90. The minimum atomic E-state index is 0.597. The Morgan fingerprint density at radius 1 is 1.38 bits per heavy atom. The molecule has 72 valence electrons. The number of rotatable bonds is 1. The van der Waals surface area contributed by atoms with Crippen molar-refractivity contribution in [2.75, 3.05) is 5.73 Å². The zero-order valence-corrected chi connectivity index (χ0v) is 9.15. The first kappa shape index (κ1) is 12.0. The van der Waals surface area contributed by atoms with E-state index >= 15 is 0 Å². The number of hydrogen-bond donors (Lipinski definition) is 1. The summed E-state index contributed by atoms with van der Waals surface area (Å²) in [5.74, 6) is 0. The Morgan fingerprint density at radius 2 is 1.92 bits per heavy atom. The molecule has 2 heteroatoms. The molecule has 0 amide bonds. The zero-order valence-electron chi connectivity index (χ0n) is 8.39. The van der Waals surface area contributed by atoms with Gasteiger partial charge in [-0.05, 0) is 24.1 Å². The van der Waals surface area contributed by atoms with E-state index in [9.17, 15) is 0 Å². The van der Waals surface area contributed by atoms with E-state index in [-0.39, 0.29) is 0 Å². The van der Waals surface area contributed by atoms with E-state index in [0.717, 1.165) is 11.1 Å². The summed E-state index contributed by atoms with van der Waals surface area (Å²) in [6, 6.07) is 3.73. The fraction of sp³-hybridized carbons (Fsp3) is 0.273. The summed E-state index contributed by atoms with van der Waals surface area (Å²) < 4.78 is 0. The van der Waals surface area contributed by atoms with Crippen LogP contribution in [0.4, 0.5) is 5.69 Å². The van der Waals surface area contributed by atoms with Gasteiger partial charge in [-0.1, -0.05) is 44.2 Å². The van der Waals surface area contributed by atoms with Crippen molar-refractivity contribution >= 4 is 23.4 Å². The predicted molar refractivity (Wildman–Crippen MR) is 62.0 cm³/mol. The van der Waals surface area contributed by atoms with Crippen molar-refractivity contribution in [1.82, 2.24) is 0 Å². The van der Waals surface area contributed by atoms with Crippen LogP contribution in [0.5, 0.6) is 0 Å². The van der Waals surface area contributed by atoms with Crippen molar-refractivity contribution in [2.45, 2.75) is 20.8 Å². The van der Waals surface area contributed by atoms with Gasteiger partial charge in [-0.3, -0.25) is 0 Å². The van der Waals surface area contributed by atoms with E-state index in [2.05, 4.69) is 6.58 Å². The molecule has 13 heavy (non-hydrogen) atoms. The van der Waals surface area contributed by atoms with Crippen LogP contribution in [0.15, 0.2) is 18.7 Å². The lowest BCUT2D eigenvalue weighted by Crippen LogP contribution is -1.90. The molecule has 1 aromatic rings. The lowest BCUT2D eigenvalue weighted by atomic mass is 10.1. The Balaban J connectivity index is 0.000000671. The predicted octanol–water partition coefficient (Wildman–Crippen LogP) is 3.90. The first-order chi connectivity index (χ1) is 6.16. The first-order valence-corrected chi connectivity index (χ1v) is 4.71. The lowest BCUT2D eigenvalue weighted by molar-refractivity contribution is 1.45. The van der Waals surface area contributed by atoms with Crippen LogP contribution in [-0.2, 0) is 0 Å². The van der Waals surface area contributed by atoms with E-state index in [4.69, 9.17) is 17.3 Å². The smallest absolute Gasteiger partial charge is 0.0710 e. The van der Waals surface area contributed by atoms with Gasteiger partial charge in [0, 0.05) is 0 Å². The Bertz CT molecular complexity index is 292. The minimum Gasteiger partial charge on any atom is -0.398 e. The molecule has 0 aliphatic carbocycles. The van der Waals surface area contributed by atoms with Crippen LogP contribution in [0.25, 0.3) is 6.08 Å². The number of aryl methyl sites for hydroxylation is 1. The van der Waals surface area contributed by atoms with Crippen LogP contribution >= 0.6 is 11.6 Å². The van der Waals surface area contributed by atoms with Crippen LogP contribution in [0, 0.1) is 6.92 Å². The molecule has 0 aliphatic rings. The summed E-state index contributed by atoms with van der Waals surface area (Å²) in [7, 11) is 0. The van der Waals surface area contributed by atoms with Crippen LogP contribution in [0.3, 0.4) is 0 Å². The van der Waals surface area contributed by atoms with Gasteiger partial charge >= 0.3 is 0 Å². The van der Waals surface area contributed by atoms with Gasteiger partial charge in [-0.2, -0.15) is 0 Å². The van der Waals surface area contributed by atoms with Gasteiger partial charge in [-0.15, -0.1) is 0 Å². The van der Waals surface area contributed by atoms with Crippen LogP contribution in [0.2, 0.25) is 5.02 Å². The molecular formula is C11H16ClN. The maximum Gasteiger partial charge on any atom is 0.0710 e. The highest BCUT2D eigenvalue weighted by Crippen LogP contribution is 2.26. The molecule has 1 nitrogen and oxygen atoms in total. The van der Waals surface area contributed by atoms with Crippen molar-refractivity contribution in [3.63, 3.8) is 0 Å². The summed E-state index contributed by atoms with van der Waals surface area (Å²) in [6.45, 7) is 9.63. The van der Waals surface area contributed by atoms with Crippen molar-refractivity contribution in [2.24, 2.45) is 0 Å². The number of benzene rings is 1. The van der Waals surface area contributed by atoms with E-state index in [1.165, 1.54) is 0 Å². The Labute approximate surface area is 85.2 Å². The molecule has 1 rings (SSSR count). The Morgan fingerprint density at radius 3 is 2.31 bits per heavy atom. The SMILES string of the molecule is C=Cc1c(C)ccc(N)c1Cl.CC. The minimum absolute atomic E-state index is 0.597. The number of hydrogen-bond acceptors (Lipinski definition) is 1. The fourth-order valence-corrected chi connectivity index (χ4v) is 1.25. The van der Waals surface area contributed by atoms with Crippen LogP contribution in [0.1, 0.15) is 25.0 Å². The molecule has 0 aliphatic heterocycles. The number of nitrogen functional groups attached to an aromatic ring is 1. The maximum atomic E-state index is 5.90. The number of halogens is 1. The van der Waals surface area contributed by atoms with E-state index in [1.807, 2.05) is 26.8 Å². The molecule has 0 unspecified atom stereocenters. The quantitative estimate of drug-likeness (QED) is 0.679. The molecule has 0 saturated carbocycles. The van der Waals surface area contributed by atoms with Crippen LogP contribution < -0.4 is 5.73 Å². The monoisotopic (exact) mass is 197 g/mol. The lowest BCUT2D eigenvalue weighted by Gasteiger charge is -2.04. The van der Waals surface area contributed by atoms with Crippen molar-refractivity contribution in [1.29, 1.82) is 0 Å². The summed E-state index contributed by atoms with van der Waals surface area (Å²) in [5.41, 5.74) is 8.21. The van der Waals surface area contributed by atoms with Gasteiger partial charge in [0.25, 0.3) is 0 Å². The normalized spacial score (nSPS) is 8.62. The number of nitrogens with two attached hydrogens (primary N) is 1. The summed E-state index contributed by atoms with van der Waals surface area (Å²) in [4.78, 5) is 0.